The van der Waals surface area contributed by atoms with Gasteiger partial charge in [-0.3, -0.25) is 0 Å². The fraction of sp³-hybridized carbons (Fsp3) is 1.00. The third-order valence-corrected chi connectivity index (χ3v) is 7.47. The predicted molar refractivity (Wildman–Crippen MR) is 108 cm³/mol. The summed E-state index contributed by atoms with van der Waals surface area (Å²) in [6.07, 6.45) is 14.6. The Bertz CT molecular complexity index is 356. The minimum Gasteiger partial charge on any atom is -0.317 e. The van der Waals surface area contributed by atoms with Gasteiger partial charge in [-0.2, -0.15) is 0 Å². The van der Waals surface area contributed by atoms with Crippen molar-refractivity contribution in [2.45, 2.75) is 64.2 Å². The first-order valence-electron chi connectivity index (χ1n) is 11.3. The van der Waals surface area contributed by atoms with E-state index >= 15 is 0 Å². The van der Waals surface area contributed by atoms with Gasteiger partial charge in [0.15, 0.2) is 0 Å². The Morgan fingerprint density at radius 2 is 1.36 bits per heavy atom. The van der Waals surface area contributed by atoms with Crippen LogP contribution >= 0.6 is 0 Å². The van der Waals surface area contributed by atoms with Crippen molar-refractivity contribution in [3.8, 4) is 0 Å². The maximum atomic E-state index is 3.62. The Morgan fingerprint density at radius 1 is 0.720 bits per heavy atom. The number of nitrogens with one attached hydrogen (secondary N) is 1. The highest BCUT2D eigenvalue weighted by Gasteiger charge is 2.30. The molecule has 0 bridgehead atoms. The van der Waals surface area contributed by atoms with Crippen molar-refractivity contribution in [1.82, 2.24) is 15.1 Å². The molecule has 3 atom stereocenters. The first-order valence-corrected chi connectivity index (χ1v) is 11.3. The number of piperidine rings is 1. The van der Waals surface area contributed by atoms with Crippen LogP contribution in [0.5, 0.6) is 0 Å². The molecule has 25 heavy (non-hydrogen) atoms. The summed E-state index contributed by atoms with van der Waals surface area (Å²) in [5.41, 5.74) is 0. The Kier molecular flexibility index (Phi) is 8.07. The minimum atomic E-state index is 0.994. The molecule has 3 fully saturated rings. The molecule has 3 rings (SSSR count). The summed E-state index contributed by atoms with van der Waals surface area (Å²) in [6.45, 7) is 7.84. The molecule has 146 valence electrons. The smallest absolute Gasteiger partial charge is 0.00190 e. The van der Waals surface area contributed by atoms with Gasteiger partial charge in [0.05, 0.1) is 0 Å². The Morgan fingerprint density at radius 3 is 2.16 bits per heavy atom. The molecule has 3 unspecified atom stereocenters. The molecular weight excluding hydrogens is 306 g/mol. The van der Waals surface area contributed by atoms with Crippen molar-refractivity contribution in [2.24, 2.45) is 23.7 Å². The van der Waals surface area contributed by atoms with Crippen LogP contribution in [0.25, 0.3) is 0 Å². The van der Waals surface area contributed by atoms with Crippen molar-refractivity contribution >= 4 is 0 Å². The maximum absolute atomic E-state index is 3.62. The molecule has 0 amide bonds. The van der Waals surface area contributed by atoms with Gasteiger partial charge in [0, 0.05) is 0 Å². The fourth-order valence-corrected chi connectivity index (χ4v) is 5.71. The third-order valence-electron chi connectivity index (χ3n) is 7.47. The lowest BCUT2D eigenvalue weighted by molar-refractivity contribution is 0.128. The van der Waals surface area contributed by atoms with Crippen LogP contribution in [0, 0.1) is 23.7 Å². The fourth-order valence-electron chi connectivity index (χ4n) is 5.71. The van der Waals surface area contributed by atoms with E-state index in [2.05, 4.69) is 29.2 Å². The number of rotatable bonds is 5. The molecule has 1 N–H and O–H groups in total. The summed E-state index contributed by atoms with van der Waals surface area (Å²) >= 11 is 0. The van der Waals surface area contributed by atoms with Gasteiger partial charge in [0.25, 0.3) is 0 Å². The second kappa shape index (κ2) is 10.3. The van der Waals surface area contributed by atoms with Gasteiger partial charge in [-0.05, 0) is 141 Å². The Balaban J connectivity index is 1.58. The molecule has 0 radical (unpaired) electrons. The molecule has 3 heteroatoms. The summed E-state index contributed by atoms with van der Waals surface area (Å²) in [6, 6.07) is 0. The number of hydrogen-bond donors (Lipinski definition) is 1. The van der Waals surface area contributed by atoms with E-state index in [1.54, 1.807) is 0 Å². The molecule has 3 saturated heterocycles. The van der Waals surface area contributed by atoms with E-state index in [0.29, 0.717) is 0 Å². The summed E-state index contributed by atoms with van der Waals surface area (Å²) in [4.78, 5) is 5.10. The van der Waals surface area contributed by atoms with Crippen LogP contribution in [0.15, 0.2) is 0 Å². The Hall–Kier alpha value is -0.120. The molecule has 0 saturated carbocycles. The number of likely N-dealkylation sites (tertiary alicyclic amines) is 2. The number of nitrogens with zero attached hydrogens (tertiary/aromatic N) is 2. The lowest BCUT2D eigenvalue weighted by atomic mass is 9.73. The van der Waals surface area contributed by atoms with E-state index in [0.717, 1.165) is 23.7 Å². The molecule has 0 aliphatic carbocycles. The van der Waals surface area contributed by atoms with Crippen molar-refractivity contribution in [1.29, 1.82) is 0 Å². The van der Waals surface area contributed by atoms with Gasteiger partial charge in [-0.25, -0.2) is 0 Å². The summed E-state index contributed by atoms with van der Waals surface area (Å²) in [7, 11) is 4.62. The highest BCUT2D eigenvalue weighted by atomic mass is 15.1. The van der Waals surface area contributed by atoms with Crippen LogP contribution in [0.1, 0.15) is 64.2 Å². The normalized spacial score (nSPS) is 32.9. The average molecular weight is 350 g/mol. The highest BCUT2D eigenvalue weighted by molar-refractivity contribution is 4.82. The van der Waals surface area contributed by atoms with Crippen LogP contribution in [0.3, 0.4) is 0 Å². The van der Waals surface area contributed by atoms with Crippen LogP contribution in [0.2, 0.25) is 0 Å². The molecule has 0 aromatic rings. The minimum absolute atomic E-state index is 0.994. The van der Waals surface area contributed by atoms with E-state index in [1.807, 2.05) is 0 Å². The summed E-state index contributed by atoms with van der Waals surface area (Å²) < 4.78 is 0. The molecule has 3 aliphatic heterocycles. The number of hydrogen-bond acceptors (Lipinski definition) is 3. The average Bonchev–Trinajstić information content (AvgIpc) is 2.98. The first-order chi connectivity index (χ1) is 12.2. The van der Waals surface area contributed by atoms with Gasteiger partial charge >= 0.3 is 0 Å². The highest BCUT2D eigenvalue weighted by Crippen LogP contribution is 2.38. The second-order valence-corrected chi connectivity index (χ2v) is 9.52. The van der Waals surface area contributed by atoms with Gasteiger partial charge in [-0.1, -0.05) is 0 Å². The van der Waals surface area contributed by atoms with Crippen LogP contribution in [0.4, 0.5) is 0 Å². The molecule has 3 heterocycles. The lowest BCUT2D eigenvalue weighted by Gasteiger charge is -2.37. The topological polar surface area (TPSA) is 18.5 Å². The van der Waals surface area contributed by atoms with E-state index in [9.17, 15) is 0 Å². The SMILES string of the molecule is CN1CCCC(CC(CC2CCCNCC2)C2CCN(C)CC2)CC1. The van der Waals surface area contributed by atoms with E-state index in [1.165, 1.54) is 103 Å². The van der Waals surface area contributed by atoms with Crippen LogP contribution in [-0.2, 0) is 0 Å². The van der Waals surface area contributed by atoms with E-state index in [4.69, 9.17) is 0 Å². The van der Waals surface area contributed by atoms with Gasteiger partial charge in [-0.15, -0.1) is 0 Å². The molecule has 0 aromatic carbocycles. The van der Waals surface area contributed by atoms with E-state index in [-0.39, 0.29) is 0 Å². The van der Waals surface area contributed by atoms with E-state index < -0.39 is 0 Å². The lowest BCUT2D eigenvalue weighted by Crippen LogP contribution is -2.34. The quantitative estimate of drug-likeness (QED) is 0.813. The zero-order chi connectivity index (χ0) is 17.5. The molecular formula is C22H43N3. The molecule has 3 nitrogen and oxygen atoms in total. The predicted octanol–water partition coefficient (Wildman–Crippen LogP) is 3.85. The van der Waals surface area contributed by atoms with Crippen LogP contribution in [-0.4, -0.2) is 63.2 Å². The first kappa shape index (κ1) is 19.6. The maximum Gasteiger partial charge on any atom is -0.00190 e. The zero-order valence-corrected chi connectivity index (χ0v) is 17.0. The Labute approximate surface area is 156 Å². The van der Waals surface area contributed by atoms with Crippen molar-refractivity contribution in [2.75, 3.05) is 53.4 Å². The van der Waals surface area contributed by atoms with Crippen molar-refractivity contribution < 1.29 is 0 Å². The van der Waals surface area contributed by atoms with Crippen LogP contribution < -0.4 is 5.32 Å². The zero-order valence-electron chi connectivity index (χ0n) is 17.0. The second-order valence-electron chi connectivity index (χ2n) is 9.52. The molecule has 3 aliphatic rings. The summed E-state index contributed by atoms with van der Waals surface area (Å²) in [5.74, 6) is 4.00. The monoisotopic (exact) mass is 349 g/mol. The van der Waals surface area contributed by atoms with Crippen molar-refractivity contribution in [3.05, 3.63) is 0 Å². The van der Waals surface area contributed by atoms with Gasteiger partial charge < -0.3 is 15.1 Å². The third kappa shape index (κ3) is 6.52. The molecule has 0 aromatic heterocycles. The molecule has 0 spiro atoms. The summed E-state index contributed by atoms with van der Waals surface area (Å²) in [5, 5.41) is 3.62. The largest absolute Gasteiger partial charge is 0.317 e. The van der Waals surface area contributed by atoms with Gasteiger partial charge in [0.1, 0.15) is 0 Å². The van der Waals surface area contributed by atoms with Crippen molar-refractivity contribution in [3.63, 3.8) is 0 Å². The standard InChI is InChI=1S/C22H43N3/c1-24-13-4-6-20(8-14-24)18-22(21-9-15-25(2)16-10-21)17-19-5-3-11-23-12-7-19/h19-23H,3-18H2,1-2H3. The van der Waals surface area contributed by atoms with Gasteiger partial charge in [0.2, 0.25) is 0 Å².